The Labute approximate surface area is 157 Å². The van der Waals surface area contributed by atoms with Gasteiger partial charge in [0, 0.05) is 19.0 Å². The van der Waals surface area contributed by atoms with Gasteiger partial charge in [0.1, 0.15) is 0 Å². The van der Waals surface area contributed by atoms with Crippen LogP contribution < -0.4 is 0 Å². The fraction of sp³-hybridized carbons (Fsp3) is 0.100. The Hall–Kier alpha value is -0.880. The van der Waals surface area contributed by atoms with Gasteiger partial charge in [-0.15, -0.1) is 0 Å². The minimum Gasteiger partial charge on any atom is -0.0619 e. The van der Waals surface area contributed by atoms with Crippen LogP contribution in [0.25, 0.3) is 0 Å². The van der Waals surface area contributed by atoms with Crippen LogP contribution in [0.5, 0.6) is 0 Å². The molecule has 0 N–H and O–H groups in total. The maximum absolute atomic E-state index is 2.51. The zero-order valence-corrected chi connectivity index (χ0v) is 16.0. The van der Waals surface area contributed by atoms with Crippen molar-refractivity contribution >= 4 is 45.2 Å². The molecule has 0 amide bonds. The van der Waals surface area contributed by atoms with E-state index in [2.05, 4.69) is 106 Å². The fourth-order valence-electron chi connectivity index (χ4n) is 4.20. The van der Waals surface area contributed by atoms with Crippen molar-refractivity contribution in [1.82, 2.24) is 0 Å². The Bertz CT molecular complexity index is 804. The molecule has 3 aliphatic carbocycles. The SMILES string of the molecule is Ic1ccc(I)c2c1C1c3ccccc3C2c2ccccc21. The first-order valence-electron chi connectivity index (χ1n) is 7.43. The molecule has 0 atom stereocenters. The molecule has 0 radical (unpaired) electrons. The number of benzene rings is 3. The van der Waals surface area contributed by atoms with Crippen LogP contribution in [0.15, 0.2) is 60.7 Å². The lowest BCUT2D eigenvalue weighted by Gasteiger charge is -2.43. The molecule has 3 aromatic rings. The van der Waals surface area contributed by atoms with E-state index in [0.717, 1.165) is 0 Å². The van der Waals surface area contributed by atoms with E-state index >= 15 is 0 Å². The highest BCUT2D eigenvalue weighted by Crippen LogP contribution is 2.57. The molecule has 0 fully saturated rings. The van der Waals surface area contributed by atoms with E-state index in [-0.39, 0.29) is 0 Å². The van der Waals surface area contributed by atoms with Gasteiger partial charge in [0.2, 0.25) is 0 Å². The van der Waals surface area contributed by atoms with Crippen LogP contribution >= 0.6 is 45.2 Å². The second-order valence-electron chi connectivity index (χ2n) is 5.98. The summed E-state index contributed by atoms with van der Waals surface area (Å²) in [5.41, 5.74) is 9.07. The standard InChI is InChI=1S/C20H12I2/c21-15-9-10-16(22)20-18-12-6-2-1-5-11(12)17(19(15)20)13-7-3-4-8-14(13)18/h1-10,17-18H. The van der Waals surface area contributed by atoms with Crippen molar-refractivity contribution in [3.8, 4) is 0 Å². The zero-order chi connectivity index (χ0) is 14.8. The van der Waals surface area contributed by atoms with Crippen LogP contribution in [-0.4, -0.2) is 0 Å². The van der Waals surface area contributed by atoms with Crippen molar-refractivity contribution in [2.24, 2.45) is 0 Å². The van der Waals surface area contributed by atoms with Crippen LogP contribution in [-0.2, 0) is 0 Å². The fourth-order valence-corrected chi connectivity index (χ4v) is 5.76. The number of halogens is 2. The highest BCUT2D eigenvalue weighted by Gasteiger charge is 2.42. The number of hydrogen-bond donors (Lipinski definition) is 0. The van der Waals surface area contributed by atoms with Crippen molar-refractivity contribution in [3.63, 3.8) is 0 Å². The molecule has 106 valence electrons. The molecular formula is C20H12I2. The summed E-state index contributed by atoms with van der Waals surface area (Å²) in [5, 5.41) is 0. The van der Waals surface area contributed by atoms with E-state index < -0.39 is 0 Å². The Morgan fingerprint density at radius 2 is 0.818 bits per heavy atom. The lowest BCUT2D eigenvalue weighted by atomic mass is 9.61. The van der Waals surface area contributed by atoms with Crippen LogP contribution in [0, 0.1) is 7.14 Å². The Kier molecular flexibility index (Phi) is 2.96. The lowest BCUT2D eigenvalue weighted by molar-refractivity contribution is 0.746. The highest BCUT2D eigenvalue weighted by atomic mass is 127. The third kappa shape index (κ3) is 1.63. The molecule has 0 saturated heterocycles. The quantitative estimate of drug-likeness (QED) is 0.230. The third-order valence-corrected chi connectivity index (χ3v) is 6.88. The maximum Gasteiger partial charge on any atom is 0.0360 e. The van der Waals surface area contributed by atoms with Crippen LogP contribution in [0.2, 0.25) is 0 Å². The van der Waals surface area contributed by atoms with Crippen molar-refractivity contribution in [2.45, 2.75) is 11.8 Å². The van der Waals surface area contributed by atoms with E-state index in [0.29, 0.717) is 11.8 Å². The van der Waals surface area contributed by atoms with Crippen LogP contribution in [0.3, 0.4) is 0 Å². The molecule has 0 nitrogen and oxygen atoms in total. The Morgan fingerprint density at radius 1 is 0.500 bits per heavy atom. The van der Waals surface area contributed by atoms with E-state index in [1.807, 2.05) is 0 Å². The van der Waals surface area contributed by atoms with Gasteiger partial charge in [-0.2, -0.15) is 0 Å². The molecule has 3 aromatic carbocycles. The van der Waals surface area contributed by atoms with E-state index in [1.54, 1.807) is 0 Å². The van der Waals surface area contributed by atoms with Crippen LogP contribution in [0.1, 0.15) is 45.2 Å². The molecule has 6 rings (SSSR count). The van der Waals surface area contributed by atoms with Crippen molar-refractivity contribution in [1.29, 1.82) is 0 Å². The molecule has 0 aromatic heterocycles. The second-order valence-corrected chi connectivity index (χ2v) is 8.30. The molecule has 0 heterocycles. The monoisotopic (exact) mass is 506 g/mol. The van der Waals surface area contributed by atoms with Gasteiger partial charge in [-0.25, -0.2) is 0 Å². The topological polar surface area (TPSA) is 0 Å². The zero-order valence-electron chi connectivity index (χ0n) is 11.7. The van der Waals surface area contributed by atoms with E-state index in [9.17, 15) is 0 Å². The summed E-state index contributed by atoms with van der Waals surface area (Å²) < 4.78 is 2.79. The van der Waals surface area contributed by atoms with E-state index in [1.165, 1.54) is 40.5 Å². The van der Waals surface area contributed by atoms with Crippen LogP contribution in [0.4, 0.5) is 0 Å². The Morgan fingerprint density at radius 3 is 1.14 bits per heavy atom. The minimum absolute atomic E-state index is 0.397. The van der Waals surface area contributed by atoms with Gasteiger partial charge in [0.15, 0.2) is 0 Å². The van der Waals surface area contributed by atoms with Gasteiger partial charge >= 0.3 is 0 Å². The predicted octanol–water partition coefficient (Wildman–Crippen LogP) is 5.88. The second kappa shape index (κ2) is 4.81. The smallest absolute Gasteiger partial charge is 0.0360 e. The summed E-state index contributed by atoms with van der Waals surface area (Å²) in [6.45, 7) is 0. The van der Waals surface area contributed by atoms with Gasteiger partial charge in [0.05, 0.1) is 0 Å². The van der Waals surface area contributed by atoms with Gasteiger partial charge in [-0.1, -0.05) is 48.5 Å². The number of rotatable bonds is 0. The van der Waals surface area contributed by atoms with Crippen molar-refractivity contribution < 1.29 is 0 Å². The molecule has 0 spiro atoms. The largest absolute Gasteiger partial charge is 0.0619 e. The predicted molar refractivity (Wildman–Crippen MR) is 107 cm³/mol. The molecule has 0 unspecified atom stereocenters. The average Bonchev–Trinajstić information content (AvgIpc) is 2.58. The third-order valence-electron chi connectivity index (χ3n) is 4.99. The van der Waals surface area contributed by atoms with Gasteiger partial charge in [0.25, 0.3) is 0 Å². The van der Waals surface area contributed by atoms with Crippen molar-refractivity contribution in [3.05, 3.63) is 101 Å². The summed E-state index contributed by atoms with van der Waals surface area (Å²) in [5.74, 6) is 0.794. The Balaban J connectivity index is 1.96. The highest BCUT2D eigenvalue weighted by molar-refractivity contribution is 14.1. The minimum atomic E-state index is 0.397. The van der Waals surface area contributed by atoms with Gasteiger partial charge < -0.3 is 0 Å². The summed E-state index contributed by atoms with van der Waals surface area (Å²) in [6, 6.07) is 22.6. The molecule has 0 aliphatic heterocycles. The molecule has 2 heteroatoms. The average molecular weight is 506 g/mol. The first-order valence-corrected chi connectivity index (χ1v) is 9.58. The maximum atomic E-state index is 2.51. The lowest BCUT2D eigenvalue weighted by Crippen LogP contribution is -2.29. The van der Waals surface area contributed by atoms with Crippen molar-refractivity contribution in [2.75, 3.05) is 0 Å². The molecule has 3 aliphatic rings. The van der Waals surface area contributed by atoms with E-state index in [4.69, 9.17) is 0 Å². The van der Waals surface area contributed by atoms with Gasteiger partial charge in [-0.05, 0) is 90.7 Å². The summed E-state index contributed by atoms with van der Waals surface area (Å²) >= 11 is 5.03. The first-order chi connectivity index (χ1) is 10.8. The normalized spacial score (nSPS) is 20.3. The first kappa shape index (κ1) is 13.5. The summed E-state index contributed by atoms with van der Waals surface area (Å²) in [7, 11) is 0. The summed E-state index contributed by atoms with van der Waals surface area (Å²) in [4.78, 5) is 0. The van der Waals surface area contributed by atoms with Gasteiger partial charge in [-0.3, -0.25) is 0 Å². The molecule has 2 bridgehead atoms. The number of hydrogen-bond acceptors (Lipinski definition) is 0. The summed E-state index contributed by atoms with van der Waals surface area (Å²) in [6.07, 6.45) is 0. The molecular weight excluding hydrogens is 494 g/mol. The molecule has 0 saturated carbocycles. The molecule has 22 heavy (non-hydrogen) atoms.